The number of thiazole rings is 1. The molecule has 0 amide bonds. The van der Waals surface area contributed by atoms with Gasteiger partial charge in [0.05, 0.1) is 32.2 Å². The molecule has 4 aromatic rings. The molecule has 0 bridgehead atoms. The lowest BCUT2D eigenvalue weighted by Crippen LogP contribution is -2.33. The summed E-state index contributed by atoms with van der Waals surface area (Å²) >= 11 is 1.61. The van der Waals surface area contributed by atoms with E-state index in [9.17, 15) is 5.11 Å². The number of hydrogen-bond acceptors (Lipinski definition) is 9. The molecule has 1 aliphatic rings. The first kappa shape index (κ1) is 24.3. The van der Waals surface area contributed by atoms with Gasteiger partial charge >= 0.3 is 0 Å². The topological polar surface area (TPSA) is 86.6 Å². The van der Waals surface area contributed by atoms with E-state index >= 15 is 0 Å². The van der Waals surface area contributed by atoms with Crippen LogP contribution in [0, 0.1) is 5.92 Å². The van der Waals surface area contributed by atoms with Crippen LogP contribution in [0.3, 0.4) is 0 Å². The lowest BCUT2D eigenvalue weighted by atomic mass is 9.90. The minimum atomic E-state index is -0.714. The molecule has 0 spiro atoms. The van der Waals surface area contributed by atoms with E-state index in [2.05, 4.69) is 43.4 Å². The van der Waals surface area contributed by atoms with Gasteiger partial charge in [-0.05, 0) is 51.5 Å². The average Bonchev–Trinajstić information content (AvgIpc) is 3.48. The quantitative estimate of drug-likeness (QED) is 0.324. The molecule has 8 nitrogen and oxygen atoms in total. The Balaban J connectivity index is 1.57. The van der Waals surface area contributed by atoms with Crippen molar-refractivity contribution in [2.45, 2.75) is 32.8 Å². The molecule has 2 N–H and O–H groups in total. The number of hydrogen-bond donors (Lipinski definition) is 2. The number of fused-ring (bicyclic) bond motifs is 2. The van der Waals surface area contributed by atoms with Gasteiger partial charge in [-0.25, -0.2) is 15.0 Å². The first-order valence-corrected chi connectivity index (χ1v) is 12.9. The lowest BCUT2D eigenvalue weighted by molar-refractivity contribution is 0.0263. The van der Waals surface area contributed by atoms with Crippen LogP contribution in [-0.2, 0) is 0 Å². The van der Waals surface area contributed by atoms with E-state index in [0.717, 1.165) is 57.8 Å². The Hall–Kier alpha value is -3.43. The molecule has 1 aliphatic heterocycles. The summed E-state index contributed by atoms with van der Waals surface area (Å²) in [7, 11) is 3.93. The maximum absolute atomic E-state index is 10.5. The Labute approximate surface area is 215 Å². The number of nitrogens with one attached hydrogen (secondary N) is 1. The van der Waals surface area contributed by atoms with Crippen molar-refractivity contribution in [2.24, 2.45) is 5.92 Å². The highest BCUT2D eigenvalue weighted by atomic mass is 32.1. The van der Waals surface area contributed by atoms with E-state index in [1.807, 2.05) is 63.6 Å². The second-order valence-electron chi connectivity index (χ2n) is 10.1. The molecular formula is C27H32N6O2S. The highest BCUT2D eigenvalue weighted by Gasteiger charge is 2.34. The van der Waals surface area contributed by atoms with Crippen molar-refractivity contribution < 1.29 is 9.84 Å². The molecule has 3 heterocycles. The molecule has 0 saturated carbocycles. The van der Waals surface area contributed by atoms with Gasteiger partial charge in [-0.3, -0.25) is 0 Å². The van der Waals surface area contributed by atoms with Gasteiger partial charge in [-0.1, -0.05) is 0 Å². The molecule has 0 radical (unpaired) electrons. The third-order valence-corrected chi connectivity index (χ3v) is 7.34. The second-order valence-corrected chi connectivity index (χ2v) is 11.0. The Morgan fingerprint density at radius 3 is 2.78 bits per heavy atom. The third-order valence-electron chi connectivity index (χ3n) is 6.54. The summed E-state index contributed by atoms with van der Waals surface area (Å²) in [6.07, 6.45) is 4.46. The van der Waals surface area contributed by atoms with Crippen molar-refractivity contribution >= 4 is 49.6 Å². The van der Waals surface area contributed by atoms with Crippen molar-refractivity contribution in [3.63, 3.8) is 0 Å². The SMILES string of the molecule is C/C(=C/N(C)C)Oc1cc(N2CC[C@@H](C(C)(C)O)C2)cc2ncnc(Nc3ccc4ncsc4c3)c12. The average molecular weight is 505 g/mol. The predicted molar refractivity (Wildman–Crippen MR) is 147 cm³/mol. The van der Waals surface area contributed by atoms with Crippen molar-refractivity contribution in [3.05, 3.63) is 54.1 Å². The number of nitrogens with zero attached hydrogens (tertiary/aromatic N) is 5. The Kier molecular flexibility index (Phi) is 6.44. The largest absolute Gasteiger partial charge is 0.460 e. The third kappa shape index (κ3) is 5.08. The summed E-state index contributed by atoms with van der Waals surface area (Å²) in [5, 5.41) is 14.8. The van der Waals surface area contributed by atoms with Gasteiger partial charge in [0.2, 0.25) is 0 Å². The summed E-state index contributed by atoms with van der Waals surface area (Å²) in [5.41, 5.74) is 4.86. The number of aromatic nitrogens is 3. The number of benzene rings is 2. The van der Waals surface area contributed by atoms with Crippen molar-refractivity contribution in [1.29, 1.82) is 0 Å². The molecule has 2 aromatic heterocycles. The fourth-order valence-electron chi connectivity index (χ4n) is 4.70. The Morgan fingerprint density at radius 2 is 2.03 bits per heavy atom. The first-order valence-electron chi connectivity index (χ1n) is 12.1. The maximum Gasteiger partial charge on any atom is 0.145 e. The van der Waals surface area contributed by atoms with Gasteiger partial charge in [-0.2, -0.15) is 0 Å². The molecule has 2 aromatic carbocycles. The lowest BCUT2D eigenvalue weighted by Gasteiger charge is -2.26. The highest BCUT2D eigenvalue weighted by Crippen LogP contribution is 2.39. The van der Waals surface area contributed by atoms with Crippen LogP contribution in [0.2, 0.25) is 0 Å². The first-order chi connectivity index (χ1) is 17.2. The van der Waals surface area contributed by atoms with Crippen LogP contribution in [0.4, 0.5) is 17.2 Å². The van der Waals surface area contributed by atoms with Crippen LogP contribution < -0.4 is 15.0 Å². The number of allylic oxidation sites excluding steroid dienone is 1. The normalized spacial score (nSPS) is 16.7. The smallest absolute Gasteiger partial charge is 0.145 e. The van der Waals surface area contributed by atoms with E-state index in [0.29, 0.717) is 11.6 Å². The summed E-state index contributed by atoms with van der Waals surface area (Å²) in [6, 6.07) is 10.2. The number of anilines is 3. The van der Waals surface area contributed by atoms with E-state index in [-0.39, 0.29) is 5.92 Å². The molecule has 188 valence electrons. The van der Waals surface area contributed by atoms with Gasteiger partial charge in [0.15, 0.2) is 0 Å². The van der Waals surface area contributed by atoms with Gasteiger partial charge in [0, 0.05) is 56.7 Å². The van der Waals surface area contributed by atoms with Gasteiger partial charge in [0.1, 0.15) is 23.7 Å². The van der Waals surface area contributed by atoms with Gasteiger partial charge in [0.25, 0.3) is 0 Å². The van der Waals surface area contributed by atoms with E-state index < -0.39 is 5.60 Å². The van der Waals surface area contributed by atoms with Crippen LogP contribution >= 0.6 is 11.3 Å². The van der Waals surface area contributed by atoms with Crippen LogP contribution in [0.5, 0.6) is 5.75 Å². The van der Waals surface area contributed by atoms with Crippen molar-refractivity contribution in [1.82, 2.24) is 19.9 Å². The summed E-state index contributed by atoms with van der Waals surface area (Å²) < 4.78 is 7.49. The summed E-state index contributed by atoms with van der Waals surface area (Å²) in [5.74, 6) is 2.33. The monoisotopic (exact) mass is 504 g/mol. The van der Waals surface area contributed by atoms with Crippen LogP contribution in [0.15, 0.2) is 54.1 Å². The fraction of sp³-hybridized carbons (Fsp3) is 0.370. The van der Waals surface area contributed by atoms with Crippen LogP contribution in [-0.4, -0.2) is 57.7 Å². The van der Waals surface area contributed by atoms with Crippen LogP contribution in [0.1, 0.15) is 27.2 Å². The molecule has 36 heavy (non-hydrogen) atoms. The second kappa shape index (κ2) is 9.55. The van der Waals surface area contributed by atoms with Gasteiger partial charge in [-0.15, -0.1) is 11.3 Å². The molecule has 1 fully saturated rings. The predicted octanol–water partition coefficient (Wildman–Crippen LogP) is 5.38. The molecule has 0 aliphatic carbocycles. The molecular weight excluding hydrogens is 472 g/mol. The van der Waals surface area contributed by atoms with Crippen molar-refractivity contribution in [2.75, 3.05) is 37.4 Å². The highest BCUT2D eigenvalue weighted by molar-refractivity contribution is 7.16. The van der Waals surface area contributed by atoms with E-state index in [4.69, 9.17) is 4.74 Å². The standard InChI is InChI=1S/C27H32N6O2S/c1-17(13-32(4)5)35-23-12-20(33-9-8-18(14-33)27(2,3)34)11-22-25(23)26(29-15-28-22)31-19-6-7-21-24(10-19)36-16-30-21/h6-7,10-13,15-16,18,34H,8-9,14H2,1-5H3,(H,28,29,31)/b17-13-/t18-/m1/s1. The fourth-order valence-corrected chi connectivity index (χ4v) is 5.42. The van der Waals surface area contributed by atoms with E-state index in [1.165, 1.54) is 0 Å². The molecule has 5 rings (SSSR count). The van der Waals surface area contributed by atoms with Crippen LogP contribution in [0.25, 0.3) is 21.1 Å². The van der Waals surface area contributed by atoms with Gasteiger partial charge < -0.3 is 25.0 Å². The van der Waals surface area contributed by atoms with Crippen molar-refractivity contribution in [3.8, 4) is 5.75 Å². The zero-order valence-corrected chi connectivity index (χ0v) is 22.1. The minimum absolute atomic E-state index is 0.206. The Morgan fingerprint density at radius 1 is 1.19 bits per heavy atom. The molecule has 1 atom stereocenters. The minimum Gasteiger partial charge on any atom is -0.460 e. The zero-order valence-electron chi connectivity index (χ0n) is 21.3. The number of aliphatic hydroxyl groups is 1. The maximum atomic E-state index is 10.5. The number of ether oxygens (including phenoxy) is 1. The molecule has 1 saturated heterocycles. The van der Waals surface area contributed by atoms with E-state index in [1.54, 1.807) is 17.7 Å². The summed E-state index contributed by atoms with van der Waals surface area (Å²) in [4.78, 5) is 17.8. The molecule has 9 heteroatoms. The Bertz CT molecular complexity index is 1430. The number of rotatable bonds is 7. The summed E-state index contributed by atoms with van der Waals surface area (Å²) in [6.45, 7) is 7.37. The molecule has 0 unspecified atom stereocenters. The zero-order chi connectivity index (χ0) is 25.4.